The molecule has 0 saturated carbocycles. The summed E-state index contributed by atoms with van der Waals surface area (Å²) in [6, 6.07) is 4.72. The molecule has 10 aromatic rings. The number of ether oxygens (including phenoxy) is 13. The number of esters is 10. The minimum atomic E-state index is -3.17. The number of benzene rings is 10. The van der Waals surface area contributed by atoms with E-state index in [2.05, 4.69) is 0 Å². The number of hydrogen-bond acceptors (Lipinski definition) is 52. The molecule has 29 N–H and O–H groups in total. The monoisotopic (exact) mass is 1870 g/mol. The van der Waals surface area contributed by atoms with Crippen molar-refractivity contribution in [3.8, 4) is 200 Å². The quantitative estimate of drug-likeness (QED) is 0.0419. The molecule has 698 valence electrons. The van der Waals surface area contributed by atoms with Crippen LogP contribution >= 0.6 is 0 Å². The van der Waals surface area contributed by atoms with E-state index in [1.165, 1.54) is 0 Å². The molecule has 0 aliphatic carbocycles. The summed E-state index contributed by atoms with van der Waals surface area (Å²) in [5.41, 5.74) is -18.0. The molecule has 14 rings (SSSR count). The SMILES string of the molecule is O=C(O[C@@H]1O[C@@H]2COC(=O)c3cc(O)c(O)c(O)c3-c3c(cc(Oc4c(C(=O)O[C@H]5[C@H](OC(=O)c6cc(O)c(O)c(O)c6)O[C@H]6COC(=O)c7cc(O)c(O)c(O)c7-c7c(cc(O)c(O)c7O)C(=O)O[C@H]6[C@@H]5OC(=O)c5cc(O)c(O)c(O)c5)cc(O)c(O)c4O)c(O)c3O)C(=O)O[C@H]2[C@@H](OC(=O)c2cc(O)c(O)c(O)c2)[C@@H]1OC(=O)c1cc(O)c(O)c(O)c1)c1cc(O)c(O)c(O)c1. The maximum Gasteiger partial charge on any atom is 0.342 e. The Labute approximate surface area is 736 Å². The third kappa shape index (κ3) is 16.2. The number of phenolic OH excluding ortho intramolecular Hbond substituents is 29. The zero-order chi connectivity index (χ0) is 97.7. The molecule has 0 bridgehead atoms. The average molecular weight is 1880 g/mol. The first-order valence-electron chi connectivity index (χ1n) is 37.0. The van der Waals surface area contributed by atoms with Gasteiger partial charge in [-0.3, -0.25) is 0 Å². The van der Waals surface area contributed by atoms with Crippen LogP contribution in [0.3, 0.4) is 0 Å². The molecule has 0 spiro atoms. The fourth-order valence-electron chi connectivity index (χ4n) is 13.9. The third-order valence-corrected chi connectivity index (χ3v) is 20.4. The molecule has 52 heteroatoms. The zero-order valence-corrected chi connectivity index (χ0v) is 65.7. The largest absolute Gasteiger partial charge is 0.504 e. The summed E-state index contributed by atoms with van der Waals surface area (Å²) in [5.74, 6) is -66.8. The maximum absolute atomic E-state index is 15.9. The van der Waals surface area contributed by atoms with Crippen molar-refractivity contribution in [2.75, 3.05) is 13.2 Å². The zero-order valence-electron chi connectivity index (χ0n) is 65.7. The standard InChI is InChI=1S/C82H58O52/c83-28-1-18(2-29(84)49(28)97)71(112)129-67-65-43(125-81(133-74(115)21-7-34(89)52(100)35(90)8-21)69(67)131-73(114)20-5-32(87)51(99)33(88)6-20)16-123-77(118)24-12-39(94)55(103)60(108)46(24)48-26(79(120)128-65)15-42(58(106)62(48)110)124-64-27(14-41(96)57(105)63(64)111)80(121)132-70-68(130-72(113)19-3-30(85)50(98)31(86)4-19)66-44(126-82(70)134-75(116)22-9-36(91)53(101)37(92)10-22)17-122-76(117)23-11-38(93)54(102)59(107)45(23)47-25(78(119)127-66)13-40(95)56(104)61(47)109/h1-15,43-44,65-70,81-111H,16-17H2/t43-,44+,65-,66-,67-,68+,69+,70-,81+,82+/m1/s1. The van der Waals surface area contributed by atoms with Crippen molar-refractivity contribution in [2.45, 2.75) is 61.4 Å². The van der Waals surface area contributed by atoms with Gasteiger partial charge in [0, 0.05) is 34.4 Å². The summed E-state index contributed by atoms with van der Waals surface area (Å²) < 4.78 is 74.5. The highest BCUT2D eigenvalue weighted by Gasteiger charge is 2.58. The number of hydrogen-bond donors (Lipinski definition) is 29. The Kier molecular flexibility index (Phi) is 23.2. The van der Waals surface area contributed by atoms with E-state index >= 15 is 14.4 Å². The minimum absolute atomic E-state index is 0.0294. The summed E-state index contributed by atoms with van der Waals surface area (Å²) >= 11 is 0. The van der Waals surface area contributed by atoms with Crippen LogP contribution in [0.2, 0.25) is 0 Å². The second kappa shape index (κ2) is 34.2. The number of carbonyl (C=O) groups is 10. The van der Waals surface area contributed by atoms with Crippen molar-refractivity contribution in [1.29, 1.82) is 0 Å². The number of fused-ring (bicyclic) bond motifs is 8. The van der Waals surface area contributed by atoms with Gasteiger partial charge in [0.05, 0.1) is 50.1 Å². The fraction of sp³-hybridized carbons (Fsp3) is 0.146. The molecule has 0 aromatic heterocycles. The van der Waals surface area contributed by atoms with E-state index in [9.17, 15) is 182 Å². The third-order valence-electron chi connectivity index (χ3n) is 20.4. The normalized spacial score (nSPS) is 19.1. The Balaban J connectivity index is 0.939. The molecule has 2 saturated heterocycles. The molecule has 4 aliphatic heterocycles. The molecular weight excluding hydrogens is 1820 g/mol. The van der Waals surface area contributed by atoms with Gasteiger partial charge in [-0.25, -0.2) is 47.9 Å². The lowest BCUT2D eigenvalue weighted by molar-refractivity contribution is -0.282. The van der Waals surface area contributed by atoms with E-state index in [1.54, 1.807) is 0 Å². The van der Waals surface area contributed by atoms with E-state index < -0.39 is 390 Å². The molecule has 4 heterocycles. The van der Waals surface area contributed by atoms with E-state index in [0.717, 1.165) is 0 Å². The van der Waals surface area contributed by atoms with Crippen molar-refractivity contribution < 1.29 is 258 Å². The molecular formula is C82H58O52. The van der Waals surface area contributed by atoms with Crippen LogP contribution in [0.5, 0.6) is 178 Å². The second-order valence-corrected chi connectivity index (χ2v) is 28.7. The van der Waals surface area contributed by atoms with Crippen molar-refractivity contribution >= 4 is 59.7 Å². The summed E-state index contributed by atoms with van der Waals surface area (Å²) in [5, 5.41) is 316. The molecule has 52 nitrogen and oxygen atoms in total. The second-order valence-electron chi connectivity index (χ2n) is 28.7. The molecule has 0 unspecified atom stereocenters. The Morgan fingerprint density at radius 2 is 0.485 bits per heavy atom. The van der Waals surface area contributed by atoms with Gasteiger partial charge in [0.2, 0.25) is 59.3 Å². The van der Waals surface area contributed by atoms with Gasteiger partial charge in [-0.1, -0.05) is 0 Å². The van der Waals surface area contributed by atoms with Crippen molar-refractivity contribution in [1.82, 2.24) is 0 Å². The van der Waals surface area contributed by atoms with Crippen LogP contribution in [-0.4, -0.2) is 282 Å². The lowest BCUT2D eigenvalue weighted by atomic mass is 9.91. The number of cyclic esters (lactones) is 2. The topological polar surface area (TPSA) is 877 Å². The van der Waals surface area contributed by atoms with Gasteiger partial charge >= 0.3 is 59.7 Å². The minimum Gasteiger partial charge on any atom is -0.504 e. The smallest absolute Gasteiger partial charge is 0.342 e. The van der Waals surface area contributed by atoms with Crippen LogP contribution in [0, 0.1) is 0 Å². The van der Waals surface area contributed by atoms with Gasteiger partial charge in [0.1, 0.15) is 31.0 Å². The lowest BCUT2D eigenvalue weighted by Gasteiger charge is -2.43. The average Bonchev–Trinajstić information content (AvgIpc) is 0.785. The highest BCUT2D eigenvalue weighted by Crippen LogP contribution is 2.58. The highest BCUT2D eigenvalue weighted by atomic mass is 16.8. The van der Waals surface area contributed by atoms with Crippen molar-refractivity contribution in [3.05, 3.63) is 147 Å². The van der Waals surface area contributed by atoms with E-state index in [4.69, 9.17) is 61.6 Å². The van der Waals surface area contributed by atoms with E-state index in [0.29, 0.717) is 66.7 Å². The summed E-state index contributed by atoms with van der Waals surface area (Å²) in [4.78, 5) is 149. The molecule has 134 heavy (non-hydrogen) atoms. The Morgan fingerprint density at radius 3 is 0.791 bits per heavy atom. The molecule has 0 radical (unpaired) electrons. The lowest BCUT2D eigenvalue weighted by Crippen LogP contribution is -2.63. The number of rotatable bonds is 14. The number of aromatic hydroxyl groups is 29. The summed E-state index contributed by atoms with van der Waals surface area (Å²) in [6.45, 7) is -3.17. The first-order valence-corrected chi connectivity index (χ1v) is 37.0. The van der Waals surface area contributed by atoms with Gasteiger partial charge in [-0.15, -0.1) is 0 Å². The highest BCUT2D eigenvalue weighted by molar-refractivity contribution is 6.11. The van der Waals surface area contributed by atoms with E-state index in [-0.39, 0.29) is 24.3 Å². The molecule has 2 fully saturated rings. The Morgan fingerprint density at radius 1 is 0.246 bits per heavy atom. The van der Waals surface area contributed by atoms with Gasteiger partial charge in [0.15, 0.2) is 168 Å². The molecule has 10 atom stereocenters. The van der Waals surface area contributed by atoms with Crippen molar-refractivity contribution in [3.63, 3.8) is 0 Å². The van der Waals surface area contributed by atoms with Crippen LogP contribution < -0.4 is 4.74 Å². The number of carbonyl (C=O) groups excluding carboxylic acids is 10. The summed E-state index contributed by atoms with van der Waals surface area (Å²) in [7, 11) is 0. The van der Waals surface area contributed by atoms with Crippen LogP contribution in [0.25, 0.3) is 22.3 Å². The van der Waals surface area contributed by atoms with Crippen LogP contribution in [0.1, 0.15) is 104 Å². The maximum atomic E-state index is 15.9. The van der Waals surface area contributed by atoms with Gasteiger partial charge in [0.25, 0.3) is 0 Å². The predicted octanol–water partition coefficient (Wildman–Crippen LogP) is 3.73. The van der Waals surface area contributed by atoms with Crippen LogP contribution in [0.4, 0.5) is 0 Å². The molecule has 0 amide bonds. The van der Waals surface area contributed by atoms with Gasteiger partial charge in [-0.05, 0) is 78.9 Å². The first kappa shape index (κ1) is 91.0. The van der Waals surface area contributed by atoms with E-state index in [1.807, 2.05) is 0 Å². The molecule has 10 aromatic carbocycles. The Hall–Kier alpha value is -19.2. The number of phenols is 29. The van der Waals surface area contributed by atoms with Crippen LogP contribution in [0.15, 0.2) is 91.0 Å². The predicted molar refractivity (Wildman–Crippen MR) is 415 cm³/mol. The van der Waals surface area contributed by atoms with Crippen LogP contribution in [-0.2, 0) is 56.8 Å². The molecule has 4 aliphatic rings. The van der Waals surface area contributed by atoms with Gasteiger partial charge in [-0.2, -0.15) is 0 Å². The Bertz CT molecular complexity index is 6630. The summed E-state index contributed by atoms with van der Waals surface area (Å²) in [6.07, 6.45) is -29.0. The van der Waals surface area contributed by atoms with Gasteiger partial charge < -0.3 is 210 Å². The van der Waals surface area contributed by atoms with Crippen molar-refractivity contribution in [2.24, 2.45) is 0 Å². The fourth-order valence-corrected chi connectivity index (χ4v) is 13.9. The first-order chi connectivity index (χ1) is 63.0.